The van der Waals surface area contributed by atoms with Crippen molar-refractivity contribution < 1.29 is 9.52 Å². The van der Waals surface area contributed by atoms with Crippen LogP contribution in [0.3, 0.4) is 0 Å². The number of phenolic OH excluding ortho intramolecular Hbond substituents is 1. The molecule has 0 aliphatic heterocycles. The number of furan rings is 1. The van der Waals surface area contributed by atoms with E-state index in [0.29, 0.717) is 21.9 Å². The van der Waals surface area contributed by atoms with Gasteiger partial charge in [0.2, 0.25) is 5.43 Å². The zero-order valence-corrected chi connectivity index (χ0v) is 10.8. The minimum Gasteiger partial charge on any atom is -0.507 e. The summed E-state index contributed by atoms with van der Waals surface area (Å²) in [7, 11) is 1.88. The molecule has 2 aromatic heterocycles. The Morgan fingerprint density at radius 3 is 2.80 bits per heavy atom. The predicted molar refractivity (Wildman–Crippen MR) is 78.1 cm³/mol. The van der Waals surface area contributed by atoms with Crippen LogP contribution in [0.4, 0.5) is 0 Å². The van der Waals surface area contributed by atoms with Crippen LogP contribution in [0.25, 0.3) is 32.8 Å². The lowest BCUT2D eigenvalue weighted by atomic mass is 10.1. The summed E-state index contributed by atoms with van der Waals surface area (Å²) < 4.78 is 7.26. The molecule has 1 N–H and O–H groups in total. The maximum atomic E-state index is 12.6. The lowest BCUT2D eigenvalue weighted by molar-refractivity contribution is 0.480. The zero-order valence-electron chi connectivity index (χ0n) is 10.8. The minimum absolute atomic E-state index is 0.0474. The van der Waals surface area contributed by atoms with Gasteiger partial charge in [0.05, 0.1) is 22.7 Å². The standard InChI is InChI=1S/C16H11NO3/c1-17-11-5-3-2-4-9(11)16(19)14-12(18)8-13-10(15(14)17)6-7-20-13/h2-8,18H,1H3. The highest BCUT2D eigenvalue weighted by Crippen LogP contribution is 2.32. The summed E-state index contributed by atoms with van der Waals surface area (Å²) in [6, 6.07) is 10.7. The van der Waals surface area contributed by atoms with Crippen molar-refractivity contribution in [3.63, 3.8) is 0 Å². The second-order valence-corrected chi connectivity index (χ2v) is 4.86. The molecular weight excluding hydrogens is 254 g/mol. The molecule has 2 heterocycles. The van der Waals surface area contributed by atoms with Crippen molar-refractivity contribution >= 4 is 32.8 Å². The number of phenols is 1. The van der Waals surface area contributed by atoms with E-state index in [2.05, 4.69) is 0 Å². The number of fused-ring (bicyclic) bond motifs is 4. The molecule has 4 aromatic rings. The number of aromatic hydroxyl groups is 1. The Kier molecular flexibility index (Phi) is 2.02. The maximum Gasteiger partial charge on any atom is 0.200 e. The minimum atomic E-state index is -0.158. The zero-order chi connectivity index (χ0) is 13.9. The van der Waals surface area contributed by atoms with E-state index in [9.17, 15) is 9.90 Å². The quantitative estimate of drug-likeness (QED) is 0.497. The van der Waals surface area contributed by atoms with Crippen LogP contribution in [-0.4, -0.2) is 9.67 Å². The molecule has 0 spiro atoms. The van der Waals surface area contributed by atoms with E-state index in [1.807, 2.05) is 35.9 Å². The van der Waals surface area contributed by atoms with Crippen molar-refractivity contribution in [1.29, 1.82) is 0 Å². The first kappa shape index (κ1) is 11.1. The van der Waals surface area contributed by atoms with E-state index in [1.54, 1.807) is 12.3 Å². The topological polar surface area (TPSA) is 55.4 Å². The molecule has 20 heavy (non-hydrogen) atoms. The average Bonchev–Trinajstić information content (AvgIpc) is 2.91. The third-order valence-electron chi connectivity index (χ3n) is 3.78. The second kappa shape index (κ2) is 3.63. The van der Waals surface area contributed by atoms with E-state index in [-0.39, 0.29) is 11.2 Å². The van der Waals surface area contributed by atoms with Gasteiger partial charge in [-0.15, -0.1) is 0 Å². The van der Waals surface area contributed by atoms with Gasteiger partial charge in [0.25, 0.3) is 0 Å². The Bertz CT molecular complexity index is 1040. The number of benzene rings is 2. The molecule has 0 unspecified atom stereocenters. The molecule has 0 aliphatic rings. The molecule has 0 saturated heterocycles. The smallest absolute Gasteiger partial charge is 0.200 e. The molecule has 0 radical (unpaired) electrons. The fourth-order valence-electron chi connectivity index (χ4n) is 2.87. The number of para-hydroxylation sites is 1. The highest BCUT2D eigenvalue weighted by Gasteiger charge is 2.16. The number of hydrogen-bond acceptors (Lipinski definition) is 3. The average molecular weight is 265 g/mol. The molecule has 0 bridgehead atoms. The Balaban J connectivity index is 2.48. The summed E-state index contributed by atoms with van der Waals surface area (Å²) >= 11 is 0. The van der Waals surface area contributed by atoms with Gasteiger partial charge in [-0.1, -0.05) is 12.1 Å². The third kappa shape index (κ3) is 1.23. The van der Waals surface area contributed by atoms with Crippen molar-refractivity contribution in [2.45, 2.75) is 0 Å². The Labute approximate surface area is 113 Å². The first-order valence-electron chi connectivity index (χ1n) is 6.29. The van der Waals surface area contributed by atoms with Crippen LogP contribution in [0.1, 0.15) is 0 Å². The number of nitrogens with zero attached hydrogens (tertiary/aromatic N) is 1. The summed E-state index contributed by atoms with van der Waals surface area (Å²) in [6.45, 7) is 0. The maximum absolute atomic E-state index is 12.6. The molecule has 4 rings (SSSR count). The summed E-state index contributed by atoms with van der Waals surface area (Å²) in [6.07, 6.45) is 1.56. The number of pyridine rings is 1. The van der Waals surface area contributed by atoms with Crippen LogP contribution in [-0.2, 0) is 7.05 Å². The monoisotopic (exact) mass is 265 g/mol. The first-order valence-corrected chi connectivity index (χ1v) is 6.29. The van der Waals surface area contributed by atoms with Crippen LogP contribution in [0.15, 0.2) is 51.9 Å². The van der Waals surface area contributed by atoms with Crippen LogP contribution in [0.2, 0.25) is 0 Å². The van der Waals surface area contributed by atoms with Crippen molar-refractivity contribution in [1.82, 2.24) is 4.57 Å². The number of rotatable bonds is 0. The molecule has 0 atom stereocenters. The number of aromatic nitrogens is 1. The van der Waals surface area contributed by atoms with Gasteiger partial charge in [-0.3, -0.25) is 4.79 Å². The largest absolute Gasteiger partial charge is 0.507 e. The summed E-state index contributed by atoms with van der Waals surface area (Å²) in [5.41, 5.74) is 1.94. The van der Waals surface area contributed by atoms with Gasteiger partial charge in [0.1, 0.15) is 11.3 Å². The van der Waals surface area contributed by atoms with Gasteiger partial charge in [0.15, 0.2) is 0 Å². The molecule has 2 aromatic carbocycles. The highest BCUT2D eigenvalue weighted by molar-refractivity contribution is 6.10. The first-order chi connectivity index (χ1) is 9.68. The van der Waals surface area contributed by atoms with Crippen LogP contribution in [0, 0.1) is 0 Å². The van der Waals surface area contributed by atoms with Gasteiger partial charge >= 0.3 is 0 Å². The number of hydrogen-bond donors (Lipinski definition) is 1. The summed E-state index contributed by atoms with van der Waals surface area (Å²) in [5, 5.41) is 11.9. The van der Waals surface area contributed by atoms with E-state index in [1.165, 1.54) is 6.07 Å². The van der Waals surface area contributed by atoms with Crippen LogP contribution in [0.5, 0.6) is 5.75 Å². The molecule has 0 saturated carbocycles. The Morgan fingerprint density at radius 2 is 1.95 bits per heavy atom. The van der Waals surface area contributed by atoms with Gasteiger partial charge in [0, 0.05) is 23.9 Å². The Hall–Kier alpha value is -2.75. The van der Waals surface area contributed by atoms with E-state index in [0.717, 1.165) is 10.9 Å². The van der Waals surface area contributed by atoms with E-state index < -0.39 is 0 Å². The highest BCUT2D eigenvalue weighted by atomic mass is 16.3. The van der Waals surface area contributed by atoms with Gasteiger partial charge in [-0.25, -0.2) is 0 Å². The lowest BCUT2D eigenvalue weighted by Crippen LogP contribution is -2.09. The molecule has 0 amide bonds. The fourth-order valence-corrected chi connectivity index (χ4v) is 2.87. The van der Waals surface area contributed by atoms with Crippen molar-refractivity contribution in [2.24, 2.45) is 7.05 Å². The fraction of sp³-hybridized carbons (Fsp3) is 0.0625. The normalized spacial score (nSPS) is 11.7. The van der Waals surface area contributed by atoms with E-state index >= 15 is 0 Å². The lowest BCUT2D eigenvalue weighted by Gasteiger charge is -2.11. The molecule has 98 valence electrons. The van der Waals surface area contributed by atoms with Crippen molar-refractivity contribution in [3.05, 3.63) is 52.9 Å². The third-order valence-corrected chi connectivity index (χ3v) is 3.78. The van der Waals surface area contributed by atoms with Crippen LogP contribution < -0.4 is 5.43 Å². The Morgan fingerprint density at radius 1 is 1.15 bits per heavy atom. The summed E-state index contributed by atoms with van der Waals surface area (Å²) in [5.74, 6) is -0.0474. The molecule has 4 nitrogen and oxygen atoms in total. The van der Waals surface area contributed by atoms with Gasteiger partial charge in [-0.05, 0) is 18.2 Å². The molecule has 0 fully saturated rings. The second-order valence-electron chi connectivity index (χ2n) is 4.86. The molecule has 4 heteroatoms. The van der Waals surface area contributed by atoms with Gasteiger partial charge in [-0.2, -0.15) is 0 Å². The molecule has 0 aliphatic carbocycles. The number of aryl methyl sites for hydroxylation is 1. The SMILES string of the molecule is Cn1c2ccccc2c(=O)c2c(O)cc3occc3c21. The predicted octanol–water partition coefficient (Wildman–Crippen LogP) is 3.14. The van der Waals surface area contributed by atoms with Crippen molar-refractivity contribution in [3.8, 4) is 5.75 Å². The van der Waals surface area contributed by atoms with Crippen LogP contribution >= 0.6 is 0 Å². The summed E-state index contributed by atoms with van der Waals surface area (Å²) in [4.78, 5) is 12.6. The van der Waals surface area contributed by atoms with Gasteiger partial charge < -0.3 is 14.1 Å². The van der Waals surface area contributed by atoms with Crippen molar-refractivity contribution in [2.75, 3.05) is 0 Å². The van der Waals surface area contributed by atoms with E-state index in [4.69, 9.17) is 4.42 Å². The molecular formula is C16H11NO3.